The number of carbonyl (C=O) groups excluding carboxylic acids is 1. The summed E-state index contributed by atoms with van der Waals surface area (Å²) < 4.78 is 5.81. The second kappa shape index (κ2) is 7.41. The summed E-state index contributed by atoms with van der Waals surface area (Å²) >= 11 is 0. The van der Waals surface area contributed by atoms with Crippen LogP contribution in [0, 0.1) is 0 Å². The van der Waals surface area contributed by atoms with Crippen molar-refractivity contribution in [1.29, 1.82) is 0 Å². The first-order valence-corrected chi connectivity index (χ1v) is 8.51. The van der Waals surface area contributed by atoms with Gasteiger partial charge in [-0.05, 0) is 29.7 Å². The molecule has 1 aliphatic heterocycles. The Hall–Kier alpha value is -3.12. The Morgan fingerprint density at radius 3 is 2.77 bits per heavy atom. The van der Waals surface area contributed by atoms with E-state index in [9.17, 15) is 4.79 Å². The predicted molar refractivity (Wildman–Crippen MR) is 96.4 cm³/mol. The third-order valence-corrected chi connectivity index (χ3v) is 4.37. The Bertz CT molecular complexity index is 897. The highest BCUT2D eigenvalue weighted by Crippen LogP contribution is 2.26. The van der Waals surface area contributed by atoms with Gasteiger partial charge >= 0.3 is 0 Å². The number of carbonyl (C=O) groups is 1. The molecule has 26 heavy (non-hydrogen) atoms. The molecule has 6 nitrogen and oxygen atoms in total. The third-order valence-electron chi connectivity index (χ3n) is 4.37. The number of rotatable bonds is 4. The number of nitrogens with zero attached hydrogens (tertiary/aromatic N) is 3. The lowest BCUT2D eigenvalue weighted by Crippen LogP contribution is -2.32. The van der Waals surface area contributed by atoms with Gasteiger partial charge in [0.05, 0.1) is 12.2 Å². The van der Waals surface area contributed by atoms with Gasteiger partial charge in [0.1, 0.15) is 6.10 Å². The van der Waals surface area contributed by atoms with Gasteiger partial charge in [-0.25, -0.2) is 9.97 Å². The van der Waals surface area contributed by atoms with Crippen LogP contribution in [-0.4, -0.2) is 34.0 Å². The lowest BCUT2D eigenvalue weighted by Gasteiger charge is -2.26. The van der Waals surface area contributed by atoms with Gasteiger partial charge in [-0.2, -0.15) is 0 Å². The fourth-order valence-corrected chi connectivity index (χ4v) is 3.02. The van der Waals surface area contributed by atoms with Crippen molar-refractivity contribution in [3.05, 3.63) is 77.9 Å². The van der Waals surface area contributed by atoms with Crippen molar-refractivity contribution >= 4 is 5.91 Å². The van der Waals surface area contributed by atoms with Gasteiger partial charge in [0.15, 0.2) is 5.82 Å². The molecule has 0 saturated heterocycles. The molecule has 130 valence electrons. The summed E-state index contributed by atoms with van der Waals surface area (Å²) in [5.74, 6) is 0.327. The van der Waals surface area contributed by atoms with Crippen LogP contribution in [0.1, 0.15) is 27.6 Å². The number of amides is 1. The Morgan fingerprint density at radius 2 is 1.96 bits per heavy atom. The molecule has 0 unspecified atom stereocenters. The van der Waals surface area contributed by atoms with E-state index in [-0.39, 0.29) is 12.0 Å². The van der Waals surface area contributed by atoms with Crippen molar-refractivity contribution in [2.24, 2.45) is 0 Å². The summed E-state index contributed by atoms with van der Waals surface area (Å²) in [6.07, 6.45) is 7.22. The summed E-state index contributed by atoms with van der Waals surface area (Å²) in [7, 11) is 0. The summed E-state index contributed by atoms with van der Waals surface area (Å²) in [5.41, 5.74) is 3.65. The van der Waals surface area contributed by atoms with Crippen molar-refractivity contribution in [1.82, 2.24) is 20.3 Å². The minimum atomic E-state index is -0.214. The van der Waals surface area contributed by atoms with Crippen molar-refractivity contribution < 1.29 is 9.53 Å². The number of fused-ring (bicyclic) bond motifs is 1. The molecule has 0 aliphatic carbocycles. The van der Waals surface area contributed by atoms with Crippen molar-refractivity contribution in [2.75, 3.05) is 13.2 Å². The van der Waals surface area contributed by atoms with Crippen molar-refractivity contribution in [2.45, 2.75) is 12.5 Å². The van der Waals surface area contributed by atoms with Crippen molar-refractivity contribution in [3.8, 4) is 11.4 Å². The quantitative estimate of drug-likeness (QED) is 0.786. The van der Waals surface area contributed by atoms with E-state index in [1.807, 2.05) is 24.3 Å². The molecule has 3 heterocycles. The standard InChI is InChI=1S/C20H18N4O2/c25-20(16-11-22-19(23-12-16)15-5-3-8-21-10-15)24-13-18-17-6-2-1-4-14(17)7-9-26-18/h1-6,8,10-12,18H,7,9,13H2,(H,24,25)/t18-/m0/s1. The number of nitrogens with one attached hydrogen (secondary N) is 1. The SMILES string of the molecule is O=C(NC[C@@H]1OCCc2ccccc21)c1cnc(-c2cccnc2)nc1. The fraction of sp³-hybridized carbons (Fsp3) is 0.200. The number of hydrogen-bond acceptors (Lipinski definition) is 5. The van der Waals surface area contributed by atoms with Gasteiger partial charge in [0.2, 0.25) is 0 Å². The monoisotopic (exact) mass is 346 g/mol. The van der Waals surface area contributed by atoms with Gasteiger partial charge in [-0.1, -0.05) is 24.3 Å². The Morgan fingerprint density at radius 1 is 1.12 bits per heavy atom. The Kier molecular flexibility index (Phi) is 4.66. The van der Waals surface area contributed by atoms with Crippen LogP contribution in [0.25, 0.3) is 11.4 Å². The van der Waals surface area contributed by atoms with Crippen LogP contribution in [0.3, 0.4) is 0 Å². The Labute approximate surface area is 151 Å². The number of pyridine rings is 1. The largest absolute Gasteiger partial charge is 0.371 e. The highest BCUT2D eigenvalue weighted by Gasteiger charge is 2.21. The minimum Gasteiger partial charge on any atom is -0.371 e. The number of ether oxygens (including phenoxy) is 1. The molecule has 1 amide bonds. The lowest BCUT2D eigenvalue weighted by atomic mass is 9.97. The molecular formula is C20H18N4O2. The third kappa shape index (κ3) is 3.45. The molecule has 0 spiro atoms. The van der Waals surface area contributed by atoms with Gasteiger partial charge in [0.25, 0.3) is 5.91 Å². The molecule has 1 aromatic carbocycles. The highest BCUT2D eigenvalue weighted by atomic mass is 16.5. The molecule has 0 saturated carbocycles. The maximum atomic E-state index is 12.4. The van der Waals surface area contributed by atoms with Gasteiger partial charge in [-0.3, -0.25) is 9.78 Å². The number of aromatic nitrogens is 3. The predicted octanol–water partition coefficient (Wildman–Crippen LogP) is 2.58. The first-order valence-electron chi connectivity index (χ1n) is 8.51. The average Bonchev–Trinajstić information content (AvgIpc) is 2.73. The van der Waals surface area contributed by atoms with Crippen LogP contribution >= 0.6 is 0 Å². The molecule has 1 aliphatic rings. The summed E-state index contributed by atoms with van der Waals surface area (Å²) in [6.45, 7) is 1.08. The van der Waals surface area contributed by atoms with Crippen LogP contribution in [0.4, 0.5) is 0 Å². The molecule has 0 fully saturated rings. The second-order valence-electron chi connectivity index (χ2n) is 6.06. The van der Waals surface area contributed by atoms with E-state index >= 15 is 0 Å². The Balaban J connectivity index is 1.41. The van der Waals surface area contributed by atoms with Gasteiger partial charge in [0, 0.05) is 36.9 Å². The van der Waals surface area contributed by atoms with E-state index in [1.165, 1.54) is 18.0 Å². The maximum Gasteiger partial charge on any atom is 0.254 e. The van der Waals surface area contributed by atoms with Crippen LogP contribution < -0.4 is 5.32 Å². The normalized spacial score (nSPS) is 15.9. The van der Waals surface area contributed by atoms with Crippen LogP contribution in [0.15, 0.2) is 61.2 Å². The van der Waals surface area contributed by atoms with E-state index in [2.05, 4.69) is 32.4 Å². The molecule has 6 heteroatoms. The molecule has 1 N–H and O–H groups in total. The molecular weight excluding hydrogens is 328 g/mol. The topological polar surface area (TPSA) is 77.0 Å². The van der Waals surface area contributed by atoms with Crippen LogP contribution in [0.5, 0.6) is 0 Å². The van der Waals surface area contributed by atoms with E-state index in [4.69, 9.17) is 4.74 Å². The van der Waals surface area contributed by atoms with Crippen molar-refractivity contribution in [3.63, 3.8) is 0 Å². The maximum absolute atomic E-state index is 12.4. The molecule has 2 aromatic heterocycles. The molecule has 4 rings (SSSR count). The summed E-state index contributed by atoms with van der Waals surface area (Å²) in [6, 6.07) is 11.9. The zero-order valence-electron chi connectivity index (χ0n) is 14.1. The minimum absolute atomic E-state index is 0.125. The first-order chi connectivity index (χ1) is 12.8. The summed E-state index contributed by atoms with van der Waals surface area (Å²) in [5, 5.41) is 2.91. The number of hydrogen-bond donors (Lipinski definition) is 1. The van der Waals surface area contributed by atoms with E-state index < -0.39 is 0 Å². The molecule has 0 radical (unpaired) electrons. The van der Waals surface area contributed by atoms with E-state index in [1.54, 1.807) is 12.4 Å². The zero-order chi connectivity index (χ0) is 17.8. The second-order valence-corrected chi connectivity index (χ2v) is 6.06. The molecule has 0 bridgehead atoms. The smallest absolute Gasteiger partial charge is 0.254 e. The van der Waals surface area contributed by atoms with Crippen LogP contribution in [0.2, 0.25) is 0 Å². The van der Waals surface area contributed by atoms with Crippen LogP contribution in [-0.2, 0) is 11.2 Å². The zero-order valence-corrected chi connectivity index (χ0v) is 14.1. The number of benzene rings is 1. The van der Waals surface area contributed by atoms with Gasteiger partial charge < -0.3 is 10.1 Å². The lowest BCUT2D eigenvalue weighted by molar-refractivity contribution is 0.0411. The molecule has 1 atom stereocenters. The van der Waals surface area contributed by atoms with E-state index in [0.29, 0.717) is 24.5 Å². The first kappa shape index (κ1) is 16.4. The van der Waals surface area contributed by atoms with E-state index in [0.717, 1.165) is 17.5 Å². The van der Waals surface area contributed by atoms with Gasteiger partial charge in [-0.15, -0.1) is 0 Å². The molecule has 3 aromatic rings. The summed E-state index contributed by atoms with van der Waals surface area (Å²) in [4.78, 5) is 24.9. The average molecular weight is 346 g/mol. The fourth-order valence-electron chi connectivity index (χ4n) is 3.02. The highest BCUT2D eigenvalue weighted by molar-refractivity contribution is 5.93.